The average molecular weight is 279 g/mol. The number of nitro benzene ring substituents is 1. The summed E-state index contributed by atoms with van der Waals surface area (Å²) in [5.74, 6) is 0. The molecular formula is C12H13N3O3S. The van der Waals surface area contributed by atoms with Crippen LogP contribution in [0, 0.1) is 10.1 Å². The van der Waals surface area contributed by atoms with Crippen molar-refractivity contribution in [2.24, 2.45) is 0 Å². The zero-order chi connectivity index (χ0) is 13.2. The Bertz CT molecular complexity index is 607. The molecule has 1 aromatic carbocycles. The normalized spacial score (nSPS) is 16.8. The molecule has 0 amide bonds. The molecule has 1 fully saturated rings. The van der Waals surface area contributed by atoms with Gasteiger partial charge in [-0.3, -0.25) is 10.1 Å². The van der Waals surface area contributed by atoms with Gasteiger partial charge in [-0.25, -0.2) is 4.98 Å². The second kappa shape index (κ2) is 5.18. The number of hydrogen-bond donors (Lipinski definition) is 1. The average Bonchev–Trinajstić information content (AvgIpc) is 2.80. The molecular weight excluding hydrogens is 266 g/mol. The van der Waals surface area contributed by atoms with Crippen LogP contribution in [-0.2, 0) is 0 Å². The third-order valence-electron chi connectivity index (χ3n) is 3.12. The van der Waals surface area contributed by atoms with Crippen LogP contribution in [0.3, 0.4) is 0 Å². The van der Waals surface area contributed by atoms with Crippen molar-refractivity contribution in [2.45, 2.75) is 23.3 Å². The van der Waals surface area contributed by atoms with E-state index < -0.39 is 4.92 Å². The van der Waals surface area contributed by atoms with E-state index in [9.17, 15) is 10.1 Å². The third kappa shape index (κ3) is 2.71. The van der Waals surface area contributed by atoms with Gasteiger partial charge < -0.3 is 9.73 Å². The van der Waals surface area contributed by atoms with E-state index in [1.165, 1.54) is 12.1 Å². The summed E-state index contributed by atoms with van der Waals surface area (Å²) in [5, 5.41) is 15.1. The minimum Gasteiger partial charge on any atom is -0.431 e. The smallest absolute Gasteiger partial charge is 0.271 e. The number of nitro groups is 1. The predicted octanol–water partition coefficient (Wildman–Crippen LogP) is 2.58. The van der Waals surface area contributed by atoms with Crippen molar-refractivity contribution >= 4 is 28.5 Å². The fourth-order valence-electron chi connectivity index (χ4n) is 2.11. The fraction of sp³-hybridized carbons (Fsp3) is 0.417. The Morgan fingerprint density at radius 3 is 2.95 bits per heavy atom. The number of rotatable bonds is 3. The van der Waals surface area contributed by atoms with Crippen LogP contribution in [0.1, 0.15) is 12.8 Å². The summed E-state index contributed by atoms with van der Waals surface area (Å²) < 4.78 is 5.61. The molecule has 19 heavy (non-hydrogen) atoms. The van der Waals surface area contributed by atoms with Crippen LogP contribution in [-0.4, -0.2) is 28.2 Å². The predicted molar refractivity (Wildman–Crippen MR) is 72.4 cm³/mol. The third-order valence-corrected chi connectivity index (χ3v) is 4.30. The number of piperidine rings is 1. The van der Waals surface area contributed by atoms with Gasteiger partial charge in [0.25, 0.3) is 10.9 Å². The number of hydrogen-bond acceptors (Lipinski definition) is 6. The summed E-state index contributed by atoms with van der Waals surface area (Å²) in [6.45, 7) is 2.03. The highest BCUT2D eigenvalue weighted by Crippen LogP contribution is 2.31. The Morgan fingerprint density at radius 2 is 2.21 bits per heavy atom. The van der Waals surface area contributed by atoms with Gasteiger partial charge in [-0.15, -0.1) is 0 Å². The summed E-state index contributed by atoms with van der Waals surface area (Å²) in [4.78, 5) is 14.6. The number of non-ortho nitro benzene ring substituents is 1. The van der Waals surface area contributed by atoms with Gasteiger partial charge in [0, 0.05) is 17.4 Å². The van der Waals surface area contributed by atoms with Crippen LogP contribution in [0.2, 0.25) is 0 Å². The number of fused-ring (bicyclic) bond motifs is 1. The zero-order valence-corrected chi connectivity index (χ0v) is 11.0. The minimum absolute atomic E-state index is 0.0409. The first-order valence-electron chi connectivity index (χ1n) is 6.15. The Kier molecular flexibility index (Phi) is 3.39. The van der Waals surface area contributed by atoms with Crippen molar-refractivity contribution in [1.82, 2.24) is 10.3 Å². The lowest BCUT2D eigenvalue weighted by molar-refractivity contribution is -0.384. The molecule has 1 saturated heterocycles. The summed E-state index contributed by atoms with van der Waals surface area (Å²) in [6.07, 6.45) is 2.17. The van der Waals surface area contributed by atoms with E-state index >= 15 is 0 Å². The van der Waals surface area contributed by atoms with Gasteiger partial charge in [0.2, 0.25) is 0 Å². The van der Waals surface area contributed by atoms with Crippen LogP contribution in [0.15, 0.2) is 27.8 Å². The monoisotopic (exact) mass is 279 g/mol. The van der Waals surface area contributed by atoms with E-state index in [2.05, 4.69) is 10.3 Å². The van der Waals surface area contributed by atoms with Gasteiger partial charge >= 0.3 is 0 Å². The van der Waals surface area contributed by atoms with Gasteiger partial charge in [-0.1, -0.05) is 11.8 Å². The molecule has 0 saturated carbocycles. The molecule has 1 aliphatic rings. The molecule has 0 radical (unpaired) electrons. The number of thioether (sulfide) groups is 1. The lowest BCUT2D eigenvalue weighted by Crippen LogP contribution is -2.29. The molecule has 0 aliphatic carbocycles. The SMILES string of the molecule is O=[N+]([O-])c1ccc2oc(SC3CCNCC3)nc2c1. The lowest BCUT2D eigenvalue weighted by atomic mass is 10.2. The molecule has 0 unspecified atom stereocenters. The highest BCUT2D eigenvalue weighted by molar-refractivity contribution is 7.99. The van der Waals surface area contributed by atoms with Gasteiger partial charge in [-0.2, -0.15) is 0 Å². The molecule has 0 spiro atoms. The van der Waals surface area contributed by atoms with Crippen molar-refractivity contribution in [3.05, 3.63) is 28.3 Å². The number of oxazole rings is 1. The number of nitrogens with one attached hydrogen (secondary N) is 1. The maximum atomic E-state index is 10.7. The molecule has 2 aromatic rings. The minimum atomic E-state index is -0.423. The maximum absolute atomic E-state index is 10.7. The number of nitrogens with zero attached hydrogens (tertiary/aromatic N) is 2. The van der Waals surface area contributed by atoms with Crippen LogP contribution in [0.25, 0.3) is 11.1 Å². The van der Waals surface area contributed by atoms with Crippen molar-refractivity contribution in [1.29, 1.82) is 0 Å². The van der Waals surface area contributed by atoms with E-state index in [0.717, 1.165) is 25.9 Å². The van der Waals surface area contributed by atoms with Gasteiger partial charge in [0.05, 0.1) is 4.92 Å². The van der Waals surface area contributed by atoms with Crippen molar-refractivity contribution < 1.29 is 9.34 Å². The van der Waals surface area contributed by atoms with Crippen molar-refractivity contribution in [3.8, 4) is 0 Å². The van der Waals surface area contributed by atoms with Crippen LogP contribution in [0.5, 0.6) is 0 Å². The van der Waals surface area contributed by atoms with Crippen molar-refractivity contribution in [3.63, 3.8) is 0 Å². The van der Waals surface area contributed by atoms with E-state index in [1.54, 1.807) is 17.8 Å². The molecule has 100 valence electrons. The van der Waals surface area contributed by atoms with Crippen LogP contribution < -0.4 is 5.32 Å². The summed E-state index contributed by atoms with van der Waals surface area (Å²) in [5.41, 5.74) is 1.19. The zero-order valence-electron chi connectivity index (χ0n) is 10.2. The number of benzene rings is 1. The van der Waals surface area contributed by atoms with E-state index in [-0.39, 0.29) is 5.69 Å². The van der Waals surface area contributed by atoms with E-state index in [1.807, 2.05) is 0 Å². The molecule has 6 nitrogen and oxygen atoms in total. The first kappa shape index (κ1) is 12.4. The molecule has 1 aromatic heterocycles. The topological polar surface area (TPSA) is 81.2 Å². The second-order valence-electron chi connectivity index (χ2n) is 4.46. The Hall–Kier alpha value is -1.60. The van der Waals surface area contributed by atoms with Crippen molar-refractivity contribution in [2.75, 3.05) is 13.1 Å². The highest BCUT2D eigenvalue weighted by Gasteiger charge is 2.18. The Morgan fingerprint density at radius 1 is 1.42 bits per heavy atom. The van der Waals surface area contributed by atoms with E-state index in [4.69, 9.17) is 4.42 Å². The molecule has 7 heteroatoms. The van der Waals surface area contributed by atoms with Crippen LogP contribution >= 0.6 is 11.8 Å². The van der Waals surface area contributed by atoms with Gasteiger partial charge in [-0.05, 0) is 32.0 Å². The molecule has 0 atom stereocenters. The summed E-state index contributed by atoms with van der Waals surface area (Å²) >= 11 is 1.62. The fourth-order valence-corrected chi connectivity index (χ4v) is 3.16. The van der Waals surface area contributed by atoms with Gasteiger partial charge in [0.15, 0.2) is 5.58 Å². The van der Waals surface area contributed by atoms with Crippen LogP contribution in [0.4, 0.5) is 5.69 Å². The lowest BCUT2D eigenvalue weighted by Gasteiger charge is -2.20. The molecule has 0 bridgehead atoms. The molecule has 3 rings (SSSR count). The van der Waals surface area contributed by atoms with E-state index in [0.29, 0.717) is 21.6 Å². The maximum Gasteiger partial charge on any atom is 0.271 e. The molecule has 1 aliphatic heterocycles. The number of aromatic nitrogens is 1. The Labute approximate surface area is 113 Å². The highest BCUT2D eigenvalue weighted by atomic mass is 32.2. The van der Waals surface area contributed by atoms with Gasteiger partial charge in [0.1, 0.15) is 5.52 Å². The largest absolute Gasteiger partial charge is 0.431 e. The molecule has 1 N–H and O–H groups in total. The Balaban J connectivity index is 1.82. The second-order valence-corrected chi connectivity index (χ2v) is 5.71. The standard InChI is InChI=1S/C12H13N3O3S/c16-15(17)8-1-2-11-10(7-8)14-12(18-11)19-9-3-5-13-6-4-9/h1-2,7,9,13H,3-6H2. The first-order chi connectivity index (χ1) is 9.22. The summed E-state index contributed by atoms with van der Waals surface area (Å²) in [7, 11) is 0. The first-order valence-corrected chi connectivity index (χ1v) is 7.03. The molecule has 2 heterocycles. The summed E-state index contributed by atoms with van der Waals surface area (Å²) in [6, 6.07) is 4.49. The quantitative estimate of drug-likeness (QED) is 0.687.